The fourth-order valence-corrected chi connectivity index (χ4v) is 2.13. The first-order valence-corrected chi connectivity index (χ1v) is 6.44. The first-order chi connectivity index (χ1) is 8.49. The summed E-state index contributed by atoms with van der Waals surface area (Å²) in [4.78, 5) is 12.0. The zero-order valence-corrected chi connectivity index (χ0v) is 11.8. The molecule has 1 aliphatic heterocycles. The van der Waals surface area contributed by atoms with Crippen molar-refractivity contribution >= 4 is 27.5 Å². The van der Waals surface area contributed by atoms with Gasteiger partial charge in [-0.25, -0.2) is 4.39 Å². The Morgan fingerprint density at radius 2 is 2.11 bits per heavy atom. The fraction of sp³-hybridized carbons (Fsp3) is 0.308. The van der Waals surface area contributed by atoms with Crippen LogP contribution in [0, 0.1) is 12.7 Å². The smallest absolute Gasteiger partial charge is 0.251 e. The van der Waals surface area contributed by atoms with Gasteiger partial charge in [0.25, 0.3) is 5.91 Å². The molecule has 0 saturated carbocycles. The first kappa shape index (κ1) is 13.2. The lowest BCUT2D eigenvalue weighted by Gasteiger charge is -2.21. The number of benzene rings is 1. The van der Waals surface area contributed by atoms with Crippen LogP contribution in [0.3, 0.4) is 0 Å². The molecule has 18 heavy (non-hydrogen) atoms. The van der Waals surface area contributed by atoms with Crippen LogP contribution in [0.4, 0.5) is 10.1 Å². The van der Waals surface area contributed by atoms with Gasteiger partial charge in [0, 0.05) is 24.4 Å². The monoisotopic (exact) mass is 312 g/mol. The van der Waals surface area contributed by atoms with Crippen LogP contribution >= 0.6 is 15.9 Å². The molecule has 0 aliphatic carbocycles. The molecule has 1 aromatic carbocycles. The van der Waals surface area contributed by atoms with Crippen molar-refractivity contribution in [3.05, 3.63) is 39.1 Å². The third kappa shape index (κ3) is 2.62. The molecule has 1 heterocycles. The third-order valence-electron chi connectivity index (χ3n) is 3.06. The van der Waals surface area contributed by atoms with E-state index in [-0.39, 0.29) is 11.7 Å². The number of aryl methyl sites for hydroxylation is 1. The molecule has 0 bridgehead atoms. The zero-order valence-electron chi connectivity index (χ0n) is 10.2. The second kappa shape index (κ2) is 5.20. The molecule has 0 spiro atoms. The van der Waals surface area contributed by atoms with Gasteiger partial charge in [0.2, 0.25) is 0 Å². The van der Waals surface area contributed by atoms with Gasteiger partial charge < -0.3 is 10.6 Å². The maximum atomic E-state index is 13.4. The number of hydrogen-bond donors (Lipinski definition) is 2. The van der Waals surface area contributed by atoms with E-state index in [1.165, 1.54) is 6.07 Å². The molecular weight excluding hydrogens is 299 g/mol. The van der Waals surface area contributed by atoms with E-state index < -0.39 is 0 Å². The van der Waals surface area contributed by atoms with Crippen molar-refractivity contribution in [2.75, 3.05) is 18.4 Å². The van der Waals surface area contributed by atoms with Crippen molar-refractivity contribution in [1.82, 2.24) is 5.32 Å². The lowest BCUT2D eigenvalue weighted by atomic mass is 10.0. The average molecular weight is 313 g/mol. The summed E-state index contributed by atoms with van der Waals surface area (Å²) in [5.41, 5.74) is 3.13. The fourth-order valence-electron chi connectivity index (χ4n) is 1.67. The average Bonchev–Trinajstić information content (AvgIpc) is 2.23. The molecule has 0 radical (unpaired) electrons. The number of carbonyl (C=O) groups is 1. The lowest BCUT2D eigenvalue weighted by Crippen LogP contribution is -2.36. The van der Waals surface area contributed by atoms with Crippen LogP contribution in [0.1, 0.15) is 12.5 Å². The summed E-state index contributed by atoms with van der Waals surface area (Å²) in [6, 6.07) is 2.98. The normalized spacial score (nSPS) is 14.1. The Morgan fingerprint density at radius 1 is 1.44 bits per heavy atom. The second-order valence-electron chi connectivity index (χ2n) is 4.37. The Balaban J connectivity index is 2.19. The summed E-state index contributed by atoms with van der Waals surface area (Å²) in [5.74, 6) is -0.553. The summed E-state index contributed by atoms with van der Waals surface area (Å²) in [6.45, 7) is 5.13. The number of rotatable bonds is 2. The molecule has 0 atom stereocenters. The standard InChI is InChI=1S/C13H14BrFN2O/c1-7-3-10(14)11(15)4-12(7)17-13(18)8(2)9-5-16-6-9/h3-4,16H,5-6H2,1-2H3,(H,17,18). The first-order valence-electron chi connectivity index (χ1n) is 5.65. The molecule has 1 aliphatic rings. The van der Waals surface area contributed by atoms with E-state index in [9.17, 15) is 9.18 Å². The van der Waals surface area contributed by atoms with Crippen LogP contribution in [0.5, 0.6) is 0 Å². The zero-order chi connectivity index (χ0) is 13.3. The van der Waals surface area contributed by atoms with Crippen LogP contribution in [0.25, 0.3) is 0 Å². The number of anilines is 1. The van der Waals surface area contributed by atoms with E-state index in [1.54, 1.807) is 13.0 Å². The van der Waals surface area contributed by atoms with Gasteiger partial charge in [0.1, 0.15) is 5.82 Å². The van der Waals surface area contributed by atoms with Gasteiger partial charge >= 0.3 is 0 Å². The molecule has 2 N–H and O–H groups in total. The molecule has 1 saturated heterocycles. The Labute approximate surface area is 114 Å². The molecule has 0 aromatic heterocycles. The Kier molecular flexibility index (Phi) is 3.82. The lowest BCUT2D eigenvalue weighted by molar-refractivity contribution is -0.112. The predicted octanol–water partition coefficient (Wildman–Crippen LogP) is 2.75. The molecular formula is C13H14BrFN2O. The number of amides is 1. The molecule has 96 valence electrons. The van der Waals surface area contributed by atoms with Crippen LogP contribution in [-0.4, -0.2) is 19.0 Å². The third-order valence-corrected chi connectivity index (χ3v) is 3.67. The highest BCUT2D eigenvalue weighted by atomic mass is 79.9. The Hall–Kier alpha value is -1.20. The van der Waals surface area contributed by atoms with E-state index in [0.29, 0.717) is 15.7 Å². The van der Waals surface area contributed by atoms with Gasteiger partial charge in [0.05, 0.1) is 4.47 Å². The van der Waals surface area contributed by atoms with E-state index >= 15 is 0 Å². The minimum atomic E-state index is -0.383. The van der Waals surface area contributed by atoms with Gasteiger partial charge in [-0.05, 0) is 53.0 Å². The van der Waals surface area contributed by atoms with Crippen molar-refractivity contribution in [3.63, 3.8) is 0 Å². The number of carbonyl (C=O) groups excluding carboxylic acids is 1. The molecule has 0 unspecified atom stereocenters. The van der Waals surface area contributed by atoms with E-state index in [4.69, 9.17) is 0 Å². The Morgan fingerprint density at radius 3 is 2.67 bits per heavy atom. The summed E-state index contributed by atoms with van der Waals surface area (Å²) >= 11 is 3.11. The summed E-state index contributed by atoms with van der Waals surface area (Å²) in [5, 5.41) is 5.83. The van der Waals surface area contributed by atoms with Gasteiger partial charge in [-0.2, -0.15) is 0 Å². The highest BCUT2D eigenvalue weighted by Crippen LogP contribution is 2.24. The topological polar surface area (TPSA) is 41.1 Å². The molecule has 3 nitrogen and oxygen atoms in total. The van der Waals surface area contributed by atoms with Crippen LogP contribution in [0.2, 0.25) is 0 Å². The van der Waals surface area contributed by atoms with Crippen molar-refractivity contribution in [1.29, 1.82) is 0 Å². The van der Waals surface area contributed by atoms with Crippen LogP contribution in [0.15, 0.2) is 27.8 Å². The van der Waals surface area contributed by atoms with Gasteiger partial charge in [-0.1, -0.05) is 0 Å². The number of hydrogen-bond acceptors (Lipinski definition) is 2. The van der Waals surface area contributed by atoms with Gasteiger partial charge in [-0.3, -0.25) is 4.79 Å². The van der Waals surface area contributed by atoms with Crippen LogP contribution < -0.4 is 10.6 Å². The van der Waals surface area contributed by atoms with Crippen LogP contribution in [-0.2, 0) is 4.79 Å². The molecule has 1 amide bonds. The second-order valence-corrected chi connectivity index (χ2v) is 5.22. The molecule has 5 heteroatoms. The SMILES string of the molecule is CC(C(=O)Nc1cc(F)c(Br)cc1C)=C1CNC1. The Bertz CT molecular complexity index is 534. The maximum absolute atomic E-state index is 13.4. The van der Waals surface area contributed by atoms with Crippen molar-refractivity contribution in [3.8, 4) is 0 Å². The van der Waals surface area contributed by atoms with E-state index in [1.807, 2.05) is 6.92 Å². The molecule has 1 fully saturated rings. The van der Waals surface area contributed by atoms with E-state index in [2.05, 4.69) is 26.6 Å². The highest BCUT2D eigenvalue weighted by molar-refractivity contribution is 9.10. The van der Waals surface area contributed by atoms with Crippen molar-refractivity contribution < 1.29 is 9.18 Å². The minimum Gasteiger partial charge on any atom is -0.322 e. The number of halogens is 2. The summed E-state index contributed by atoms with van der Waals surface area (Å²) < 4.78 is 13.8. The quantitative estimate of drug-likeness (QED) is 0.824. The highest BCUT2D eigenvalue weighted by Gasteiger charge is 2.17. The maximum Gasteiger partial charge on any atom is 0.251 e. The van der Waals surface area contributed by atoms with E-state index in [0.717, 1.165) is 24.2 Å². The summed E-state index contributed by atoms with van der Waals surface area (Å²) in [7, 11) is 0. The van der Waals surface area contributed by atoms with Crippen molar-refractivity contribution in [2.45, 2.75) is 13.8 Å². The largest absolute Gasteiger partial charge is 0.322 e. The molecule has 1 aromatic rings. The summed E-state index contributed by atoms with van der Waals surface area (Å²) in [6.07, 6.45) is 0. The molecule has 2 rings (SSSR count). The predicted molar refractivity (Wildman–Crippen MR) is 73.0 cm³/mol. The van der Waals surface area contributed by atoms with Gasteiger partial charge in [0.15, 0.2) is 0 Å². The number of nitrogens with one attached hydrogen (secondary N) is 2. The minimum absolute atomic E-state index is 0.170. The van der Waals surface area contributed by atoms with Gasteiger partial charge in [-0.15, -0.1) is 0 Å². The van der Waals surface area contributed by atoms with Crippen molar-refractivity contribution in [2.24, 2.45) is 0 Å².